The van der Waals surface area contributed by atoms with Gasteiger partial charge >= 0.3 is 0 Å². The molecule has 3 heteroatoms. The van der Waals surface area contributed by atoms with Crippen LogP contribution in [0.5, 0.6) is 0 Å². The van der Waals surface area contributed by atoms with Crippen LogP contribution in [0.25, 0.3) is 76.9 Å². The summed E-state index contributed by atoms with van der Waals surface area (Å²) < 4.78 is 13.2. The number of hydrogen-bond donors (Lipinski definition) is 0. The van der Waals surface area contributed by atoms with Crippen LogP contribution in [0.4, 0.5) is 17.1 Å². The van der Waals surface area contributed by atoms with Crippen LogP contribution in [0, 0.1) is 0 Å². The Labute approximate surface area is 282 Å². The molecular formula is C46H29NO2. The molecule has 2 heterocycles. The Hall–Kier alpha value is -6.58. The third-order valence-corrected chi connectivity index (χ3v) is 9.69. The van der Waals surface area contributed by atoms with E-state index in [1.54, 1.807) is 0 Å². The van der Waals surface area contributed by atoms with Crippen molar-refractivity contribution >= 4 is 71.7 Å². The fraction of sp³-hybridized carbons (Fsp3) is 0. The summed E-state index contributed by atoms with van der Waals surface area (Å²) in [5, 5.41) is 6.88. The van der Waals surface area contributed by atoms with E-state index in [-0.39, 0.29) is 0 Å². The molecule has 0 unspecified atom stereocenters. The molecular weight excluding hydrogens is 599 g/mol. The van der Waals surface area contributed by atoms with Crippen LogP contribution >= 0.6 is 0 Å². The van der Waals surface area contributed by atoms with Gasteiger partial charge in [-0.2, -0.15) is 0 Å². The summed E-state index contributed by atoms with van der Waals surface area (Å²) in [6, 6.07) is 61.9. The molecule has 3 nitrogen and oxygen atoms in total. The van der Waals surface area contributed by atoms with Gasteiger partial charge in [0.15, 0.2) is 5.58 Å². The minimum atomic E-state index is 0.846. The fourth-order valence-electron chi connectivity index (χ4n) is 7.44. The van der Waals surface area contributed by atoms with Crippen molar-refractivity contribution in [3.05, 3.63) is 176 Å². The lowest BCUT2D eigenvalue weighted by atomic mass is 9.97. The van der Waals surface area contributed by atoms with Gasteiger partial charge in [-0.05, 0) is 58.3 Å². The molecule has 10 aromatic rings. The van der Waals surface area contributed by atoms with E-state index in [0.29, 0.717) is 0 Å². The molecule has 0 bridgehead atoms. The van der Waals surface area contributed by atoms with Crippen LogP contribution in [0.15, 0.2) is 185 Å². The lowest BCUT2D eigenvalue weighted by molar-refractivity contribution is 0.669. The predicted octanol–water partition coefficient (Wildman–Crippen LogP) is 13.4. The Kier molecular flexibility index (Phi) is 6.18. The van der Waals surface area contributed by atoms with E-state index in [0.717, 1.165) is 72.1 Å². The molecule has 0 radical (unpaired) electrons. The number of para-hydroxylation sites is 5. The van der Waals surface area contributed by atoms with Crippen LogP contribution in [0.2, 0.25) is 0 Å². The SMILES string of the molecule is c1ccc(N(c2ccc(-c3cccc4ccccc34)cc2)c2cccc3c2oc2ccccc23)c(-c2cccc3c2oc2ccccc23)c1. The van der Waals surface area contributed by atoms with E-state index >= 15 is 0 Å². The molecule has 0 amide bonds. The fourth-order valence-corrected chi connectivity index (χ4v) is 7.44. The molecule has 0 fully saturated rings. The highest BCUT2D eigenvalue weighted by molar-refractivity contribution is 6.13. The molecule has 10 rings (SSSR count). The second kappa shape index (κ2) is 11.0. The first kappa shape index (κ1) is 27.5. The maximum Gasteiger partial charge on any atom is 0.159 e. The number of nitrogens with zero attached hydrogens (tertiary/aromatic N) is 1. The maximum atomic E-state index is 6.64. The second-order valence-electron chi connectivity index (χ2n) is 12.5. The first-order chi connectivity index (χ1) is 24.3. The molecule has 0 atom stereocenters. The molecule has 0 aliphatic heterocycles. The van der Waals surface area contributed by atoms with E-state index in [1.165, 1.54) is 21.9 Å². The third-order valence-electron chi connectivity index (χ3n) is 9.69. The summed E-state index contributed by atoms with van der Waals surface area (Å²) in [6.45, 7) is 0. The third kappa shape index (κ3) is 4.37. The molecule has 2 aromatic heterocycles. The van der Waals surface area contributed by atoms with Crippen molar-refractivity contribution < 1.29 is 8.83 Å². The zero-order valence-corrected chi connectivity index (χ0v) is 26.5. The summed E-state index contributed by atoms with van der Waals surface area (Å²) in [7, 11) is 0. The van der Waals surface area contributed by atoms with E-state index in [9.17, 15) is 0 Å². The van der Waals surface area contributed by atoms with E-state index in [4.69, 9.17) is 8.83 Å². The minimum Gasteiger partial charge on any atom is -0.455 e. The molecule has 0 aliphatic carbocycles. The average molecular weight is 628 g/mol. The quantitative estimate of drug-likeness (QED) is 0.190. The Morgan fingerprint density at radius 2 is 0.837 bits per heavy atom. The van der Waals surface area contributed by atoms with Crippen molar-refractivity contribution in [2.45, 2.75) is 0 Å². The van der Waals surface area contributed by atoms with Gasteiger partial charge in [-0.15, -0.1) is 0 Å². The minimum absolute atomic E-state index is 0.846. The monoisotopic (exact) mass is 627 g/mol. The summed E-state index contributed by atoms with van der Waals surface area (Å²) in [5.41, 5.74) is 11.0. The van der Waals surface area contributed by atoms with Crippen molar-refractivity contribution in [1.29, 1.82) is 0 Å². The summed E-state index contributed by atoms with van der Waals surface area (Å²) in [6.07, 6.45) is 0. The van der Waals surface area contributed by atoms with E-state index in [2.05, 4.69) is 157 Å². The Morgan fingerprint density at radius 1 is 0.327 bits per heavy atom. The van der Waals surface area contributed by atoms with Crippen molar-refractivity contribution in [3.8, 4) is 22.3 Å². The zero-order chi connectivity index (χ0) is 32.3. The highest BCUT2D eigenvalue weighted by Gasteiger charge is 2.23. The van der Waals surface area contributed by atoms with Crippen molar-refractivity contribution in [2.24, 2.45) is 0 Å². The highest BCUT2D eigenvalue weighted by Crippen LogP contribution is 2.47. The molecule has 0 saturated carbocycles. The van der Waals surface area contributed by atoms with E-state index in [1.807, 2.05) is 24.3 Å². The number of furan rings is 2. The lowest BCUT2D eigenvalue weighted by Gasteiger charge is -2.28. The maximum absolute atomic E-state index is 6.64. The molecule has 8 aromatic carbocycles. The predicted molar refractivity (Wildman–Crippen MR) is 204 cm³/mol. The number of hydrogen-bond acceptors (Lipinski definition) is 3. The van der Waals surface area contributed by atoms with Crippen molar-refractivity contribution in [2.75, 3.05) is 4.90 Å². The van der Waals surface area contributed by atoms with Gasteiger partial charge in [-0.3, -0.25) is 0 Å². The van der Waals surface area contributed by atoms with Gasteiger partial charge in [0.2, 0.25) is 0 Å². The van der Waals surface area contributed by atoms with Crippen LogP contribution in [-0.2, 0) is 0 Å². The van der Waals surface area contributed by atoms with Crippen LogP contribution < -0.4 is 4.90 Å². The Balaban J connectivity index is 1.22. The largest absolute Gasteiger partial charge is 0.455 e. The van der Waals surface area contributed by atoms with Gasteiger partial charge in [0.05, 0.1) is 11.4 Å². The molecule has 0 N–H and O–H groups in total. The zero-order valence-electron chi connectivity index (χ0n) is 26.5. The first-order valence-electron chi connectivity index (χ1n) is 16.6. The van der Waals surface area contributed by atoms with Gasteiger partial charge in [0, 0.05) is 38.4 Å². The van der Waals surface area contributed by atoms with Gasteiger partial charge in [0.25, 0.3) is 0 Å². The van der Waals surface area contributed by atoms with Crippen LogP contribution in [-0.4, -0.2) is 0 Å². The van der Waals surface area contributed by atoms with Gasteiger partial charge in [0.1, 0.15) is 16.7 Å². The molecule has 0 spiro atoms. The molecule has 0 saturated heterocycles. The van der Waals surface area contributed by atoms with Crippen molar-refractivity contribution in [1.82, 2.24) is 0 Å². The van der Waals surface area contributed by atoms with Gasteiger partial charge in [-0.1, -0.05) is 140 Å². The lowest BCUT2D eigenvalue weighted by Crippen LogP contribution is -2.11. The van der Waals surface area contributed by atoms with Crippen molar-refractivity contribution in [3.63, 3.8) is 0 Å². The highest BCUT2D eigenvalue weighted by atomic mass is 16.3. The molecule has 0 aliphatic rings. The Bertz CT molecular complexity index is 2830. The second-order valence-corrected chi connectivity index (χ2v) is 12.5. The van der Waals surface area contributed by atoms with Crippen LogP contribution in [0.1, 0.15) is 0 Å². The summed E-state index contributed by atoms with van der Waals surface area (Å²) >= 11 is 0. The summed E-state index contributed by atoms with van der Waals surface area (Å²) in [4.78, 5) is 2.33. The number of benzene rings is 8. The molecule has 49 heavy (non-hydrogen) atoms. The van der Waals surface area contributed by atoms with Crippen LogP contribution in [0.3, 0.4) is 0 Å². The smallest absolute Gasteiger partial charge is 0.159 e. The standard InChI is InChI=1S/C46H29NO2/c1-2-14-33-30(12-1)13-9-18-34(33)31-26-28-32(29-27-31)47(42-23-11-21-40-37-17-5-8-25-44(37)49-46(40)42)41-22-6-3-15-35(41)38-19-10-20-39-36-16-4-7-24-43(36)48-45(38)39/h1-29H. The van der Waals surface area contributed by atoms with Gasteiger partial charge < -0.3 is 13.7 Å². The molecule has 230 valence electrons. The first-order valence-corrected chi connectivity index (χ1v) is 16.6. The average Bonchev–Trinajstić information content (AvgIpc) is 3.75. The number of anilines is 3. The normalized spacial score (nSPS) is 11.7. The topological polar surface area (TPSA) is 29.5 Å². The summed E-state index contributed by atoms with van der Waals surface area (Å²) in [5.74, 6) is 0. The number of rotatable bonds is 5. The number of fused-ring (bicyclic) bond motifs is 7. The van der Waals surface area contributed by atoms with E-state index < -0.39 is 0 Å². The Morgan fingerprint density at radius 3 is 1.63 bits per heavy atom. The van der Waals surface area contributed by atoms with Gasteiger partial charge in [-0.25, -0.2) is 0 Å².